The molecular formula is C26H32O3. The van der Waals surface area contributed by atoms with Gasteiger partial charge in [-0.25, -0.2) is 0 Å². The first kappa shape index (κ1) is 22.8. The van der Waals surface area contributed by atoms with E-state index in [-0.39, 0.29) is 13.2 Å². The van der Waals surface area contributed by atoms with Crippen LogP contribution in [0.4, 0.5) is 0 Å². The Balaban J connectivity index is 2.18. The fourth-order valence-corrected chi connectivity index (χ4v) is 3.08. The van der Waals surface area contributed by atoms with E-state index in [1.54, 1.807) is 0 Å². The Morgan fingerprint density at radius 3 is 2.17 bits per heavy atom. The lowest BCUT2D eigenvalue weighted by molar-refractivity contribution is 0.0828. The molecule has 0 bridgehead atoms. The normalized spacial score (nSPS) is 13.0. The van der Waals surface area contributed by atoms with Gasteiger partial charge in [0.05, 0.1) is 18.8 Å². The van der Waals surface area contributed by atoms with Crippen molar-refractivity contribution in [3.05, 3.63) is 88.5 Å². The highest BCUT2D eigenvalue weighted by atomic mass is 16.3. The molecule has 0 fully saturated rings. The molecule has 0 aromatic heterocycles. The minimum atomic E-state index is -0.736. The average Bonchev–Trinajstić information content (AvgIpc) is 2.77. The molecule has 2 aromatic rings. The summed E-state index contributed by atoms with van der Waals surface area (Å²) in [5, 5.41) is 29.1. The highest BCUT2D eigenvalue weighted by Gasteiger charge is 2.16. The summed E-state index contributed by atoms with van der Waals surface area (Å²) in [5.41, 5.74) is 5.06. The van der Waals surface area contributed by atoms with E-state index in [1.165, 1.54) is 0 Å². The minimum Gasteiger partial charge on any atom is -0.392 e. The molecule has 2 rings (SSSR count). The van der Waals surface area contributed by atoms with Gasteiger partial charge in [0.15, 0.2) is 0 Å². The van der Waals surface area contributed by atoms with Gasteiger partial charge in [0, 0.05) is 0 Å². The van der Waals surface area contributed by atoms with Crippen LogP contribution in [-0.2, 0) is 13.2 Å². The number of hydrogen-bond donors (Lipinski definition) is 3. The zero-order chi connectivity index (χ0) is 21.3. The number of aliphatic hydroxyl groups excluding tert-OH is 2. The summed E-state index contributed by atoms with van der Waals surface area (Å²) in [4.78, 5) is 0. The molecule has 0 radical (unpaired) electrons. The van der Waals surface area contributed by atoms with E-state index >= 15 is 0 Å². The fourth-order valence-electron chi connectivity index (χ4n) is 3.08. The van der Waals surface area contributed by atoms with Gasteiger partial charge < -0.3 is 15.3 Å². The summed E-state index contributed by atoms with van der Waals surface area (Å²) in [6.45, 7) is 5.87. The van der Waals surface area contributed by atoms with Crippen LogP contribution in [0.3, 0.4) is 0 Å². The summed E-state index contributed by atoms with van der Waals surface area (Å²) in [7, 11) is 0. The van der Waals surface area contributed by atoms with Crippen LogP contribution in [0.5, 0.6) is 0 Å². The average molecular weight is 393 g/mol. The smallest absolute Gasteiger partial charge is 0.0825 e. The first-order valence-corrected chi connectivity index (χ1v) is 10.1. The van der Waals surface area contributed by atoms with E-state index < -0.39 is 5.60 Å². The third-order valence-corrected chi connectivity index (χ3v) is 5.36. The number of aliphatic hydroxyl groups is 3. The van der Waals surface area contributed by atoms with Gasteiger partial charge in [-0.15, -0.1) is 0 Å². The van der Waals surface area contributed by atoms with Crippen LogP contribution in [-0.4, -0.2) is 20.9 Å². The molecule has 154 valence electrons. The molecule has 2 aromatic carbocycles. The number of benzene rings is 2. The molecule has 3 N–H and O–H groups in total. The highest BCUT2D eigenvalue weighted by Crippen LogP contribution is 2.20. The van der Waals surface area contributed by atoms with E-state index in [9.17, 15) is 15.3 Å². The van der Waals surface area contributed by atoms with Crippen molar-refractivity contribution < 1.29 is 15.3 Å². The van der Waals surface area contributed by atoms with E-state index in [0.29, 0.717) is 12.8 Å². The van der Waals surface area contributed by atoms with Crippen LogP contribution in [0, 0.1) is 0 Å². The van der Waals surface area contributed by atoms with Crippen molar-refractivity contribution in [2.75, 3.05) is 0 Å². The minimum absolute atomic E-state index is 0.0735. The Morgan fingerprint density at radius 2 is 1.55 bits per heavy atom. The lowest BCUT2D eigenvalue weighted by atomic mass is 9.96. The van der Waals surface area contributed by atoms with E-state index in [1.807, 2.05) is 74.6 Å². The molecule has 0 spiro atoms. The Morgan fingerprint density at radius 1 is 0.897 bits per heavy atom. The second-order valence-electron chi connectivity index (χ2n) is 7.32. The second kappa shape index (κ2) is 10.9. The van der Waals surface area contributed by atoms with Crippen LogP contribution in [0.2, 0.25) is 0 Å². The first-order valence-electron chi connectivity index (χ1n) is 10.1. The first-order chi connectivity index (χ1) is 13.9. The molecule has 0 aliphatic carbocycles. The lowest BCUT2D eigenvalue weighted by Gasteiger charge is -2.19. The zero-order valence-electron chi connectivity index (χ0n) is 17.6. The molecule has 0 atom stereocenters. The van der Waals surface area contributed by atoms with Gasteiger partial charge in [-0.05, 0) is 65.3 Å². The molecule has 3 nitrogen and oxygen atoms in total. The third kappa shape index (κ3) is 6.53. The predicted octanol–water partition coefficient (Wildman–Crippen LogP) is 5.35. The quantitative estimate of drug-likeness (QED) is 0.398. The van der Waals surface area contributed by atoms with Gasteiger partial charge in [0.25, 0.3) is 0 Å². The summed E-state index contributed by atoms with van der Waals surface area (Å²) in [6.07, 6.45) is 11.3. The van der Waals surface area contributed by atoms with Crippen LogP contribution in [0.1, 0.15) is 61.4 Å². The van der Waals surface area contributed by atoms with Crippen molar-refractivity contribution in [2.24, 2.45) is 0 Å². The van der Waals surface area contributed by atoms with Crippen molar-refractivity contribution in [1.29, 1.82) is 0 Å². The molecule has 0 saturated heterocycles. The maximum absolute atomic E-state index is 10.4. The second-order valence-corrected chi connectivity index (χ2v) is 7.32. The third-order valence-electron chi connectivity index (χ3n) is 5.36. The predicted molar refractivity (Wildman–Crippen MR) is 122 cm³/mol. The Kier molecular flexibility index (Phi) is 8.59. The topological polar surface area (TPSA) is 60.7 Å². The number of hydrogen-bond acceptors (Lipinski definition) is 3. The summed E-state index contributed by atoms with van der Waals surface area (Å²) < 4.78 is 0. The SMILES string of the molecule is CCC(O)(/C=C/C=C(/C)c1cccc(C=Cc2ccc(CO)c(CO)c2)c1)CC. The van der Waals surface area contributed by atoms with Gasteiger partial charge in [0.1, 0.15) is 0 Å². The van der Waals surface area contributed by atoms with Crippen molar-refractivity contribution in [3.8, 4) is 0 Å². The summed E-state index contributed by atoms with van der Waals surface area (Å²) in [6, 6.07) is 13.9. The van der Waals surface area contributed by atoms with Gasteiger partial charge in [-0.1, -0.05) is 74.6 Å². The Hall–Kier alpha value is -2.46. The molecule has 0 heterocycles. The van der Waals surface area contributed by atoms with Crippen molar-refractivity contribution in [1.82, 2.24) is 0 Å². The molecule has 0 aliphatic rings. The van der Waals surface area contributed by atoms with Gasteiger partial charge in [-0.2, -0.15) is 0 Å². The van der Waals surface area contributed by atoms with Gasteiger partial charge in [-0.3, -0.25) is 0 Å². The standard InChI is InChI=1S/C26H32O3/c1-4-26(29,5-2)15-7-8-20(3)23-10-6-9-21(16-23)11-12-22-13-14-24(18-27)25(17-22)19-28/h6-17,27-29H,4-5,18-19H2,1-3H3/b12-11?,15-7+,20-8-. The van der Waals surface area contributed by atoms with Crippen molar-refractivity contribution >= 4 is 17.7 Å². The van der Waals surface area contributed by atoms with E-state index in [2.05, 4.69) is 19.1 Å². The van der Waals surface area contributed by atoms with E-state index in [4.69, 9.17) is 0 Å². The summed E-state index contributed by atoms with van der Waals surface area (Å²) >= 11 is 0. The Bertz CT molecular complexity index is 887. The molecule has 0 amide bonds. The van der Waals surface area contributed by atoms with Crippen LogP contribution in [0.25, 0.3) is 17.7 Å². The largest absolute Gasteiger partial charge is 0.392 e. The lowest BCUT2D eigenvalue weighted by Crippen LogP contribution is -2.22. The zero-order valence-corrected chi connectivity index (χ0v) is 17.6. The molecule has 0 saturated carbocycles. The van der Waals surface area contributed by atoms with Crippen LogP contribution < -0.4 is 0 Å². The van der Waals surface area contributed by atoms with Crippen LogP contribution >= 0.6 is 0 Å². The van der Waals surface area contributed by atoms with Gasteiger partial charge >= 0.3 is 0 Å². The number of allylic oxidation sites excluding steroid dienone is 3. The van der Waals surface area contributed by atoms with E-state index in [0.717, 1.165) is 33.4 Å². The maximum atomic E-state index is 10.4. The molecule has 0 unspecified atom stereocenters. The van der Waals surface area contributed by atoms with Gasteiger partial charge in [0.2, 0.25) is 0 Å². The molecule has 0 aliphatic heterocycles. The summed E-state index contributed by atoms with van der Waals surface area (Å²) in [5.74, 6) is 0. The number of rotatable bonds is 9. The monoisotopic (exact) mass is 392 g/mol. The van der Waals surface area contributed by atoms with Crippen molar-refractivity contribution in [2.45, 2.75) is 52.4 Å². The van der Waals surface area contributed by atoms with Crippen molar-refractivity contribution in [3.63, 3.8) is 0 Å². The maximum Gasteiger partial charge on any atom is 0.0825 e. The molecule has 29 heavy (non-hydrogen) atoms. The molecule has 3 heteroatoms. The molecular weight excluding hydrogens is 360 g/mol. The fraction of sp³-hybridized carbons (Fsp3) is 0.308. The highest BCUT2D eigenvalue weighted by molar-refractivity contribution is 5.73. The van der Waals surface area contributed by atoms with Crippen LogP contribution in [0.15, 0.2) is 60.7 Å². The Labute approximate surface area is 174 Å².